The first kappa shape index (κ1) is 15.0. The number of likely N-dealkylation sites (N-methyl/N-ethyl adjacent to an activating group) is 1. The van der Waals surface area contributed by atoms with Crippen molar-refractivity contribution in [2.45, 2.75) is 33.2 Å². The largest absolute Gasteiger partial charge is 0.310 e. The number of pyridine rings is 1. The van der Waals surface area contributed by atoms with Crippen molar-refractivity contribution >= 4 is 11.6 Å². The summed E-state index contributed by atoms with van der Waals surface area (Å²) in [5.74, 6) is 0. The highest BCUT2D eigenvalue weighted by Gasteiger charge is 2.15. The molecular formula is C17H21ClN2. The Morgan fingerprint density at radius 1 is 1.25 bits per heavy atom. The molecule has 1 atom stereocenters. The summed E-state index contributed by atoms with van der Waals surface area (Å²) in [5, 5.41) is 4.25. The molecule has 1 aromatic carbocycles. The topological polar surface area (TPSA) is 24.9 Å². The van der Waals surface area contributed by atoms with E-state index in [4.69, 9.17) is 11.6 Å². The zero-order valence-electron chi connectivity index (χ0n) is 12.3. The first-order chi connectivity index (χ1) is 9.61. The van der Waals surface area contributed by atoms with Gasteiger partial charge in [-0.15, -0.1) is 0 Å². The Bertz CT molecular complexity index is 581. The lowest BCUT2D eigenvalue weighted by Gasteiger charge is -2.20. The molecule has 0 aliphatic carbocycles. The number of aromatic nitrogens is 1. The molecular weight excluding hydrogens is 268 g/mol. The fourth-order valence-electron chi connectivity index (χ4n) is 2.45. The fourth-order valence-corrected chi connectivity index (χ4v) is 2.70. The van der Waals surface area contributed by atoms with E-state index in [2.05, 4.69) is 49.3 Å². The molecule has 1 N–H and O–H groups in total. The van der Waals surface area contributed by atoms with Crippen LogP contribution in [0.25, 0.3) is 0 Å². The van der Waals surface area contributed by atoms with Crippen LogP contribution in [-0.2, 0) is 6.42 Å². The zero-order chi connectivity index (χ0) is 14.5. The molecule has 2 rings (SSSR count). The summed E-state index contributed by atoms with van der Waals surface area (Å²) in [6, 6.07) is 8.81. The van der Waals surface area contributed by atoms with E-state index in [0.717, 1.165) is 23.6 Å². The van der Waals surface area contributed by atoms with Crippen molar-refractivity contribution in [1.29, 1.82) is 0 Å². The van der Waals surface area contributed by atoms with Gasteiger partial charge in [0.05, 0.1) is 5.02 Å². The fraction of sp³-hybridized carbons (Fsp3) is 0.353. The normalized spacial score (nSPS) is 12.4. The van der Waals surface area contributed by atoms with E-state index >= 15 is 0 Å². The van der Waals surface area contributed by atoms with Crippen LogP contribution < -0.4 is 5.32 Å². The van der Waals surface area contributed by atoms with Crippen LogP contribution in [0, 0.1) is 13.8 Å². The molecule has 1 aromatic heterocycles. The van der Waals surface area contributed by atoms with Crippen LogP contribution in [0.4, 0.5) is 0 Å². The van der Waals surface area contributed by atoms with Gasteiger partial charge in [-0.3, -0.25) is 4.98 Å². The molecule has 2 nitrogen and oxygen atoms in total. The molecule has 1 unspecified atom stereocenters. The van der Waals surface area contributed by atoms with Gasteiger partial charge in [0.25, 0.3) is 0 Å². The summed E-state index contributed by atoms with van der Waals surface area (Å²) in [6.07, 6.45) is 4.45. The number of hydrogen-bond acceptors (Lipinski definition) is 2. The summed E-state index contributed by atoms with van der Waals surface area (Å²) < 4.78 is 0. The van der Waals surface area contributed by atoms with Crippen LogP contribution in [0.15, 0.2) is 36.7 Å². The molecule has 106 valence electrons. The lowest BCUT2D eigenvalue weighted by Crippen LogP contribution is -2.23. The molecule has 0 saturated heterocycles. The standard InChI is InChI=1S/C17H21ClN2/c1-4-20-17(15-7-8-19-11-16(15)18)10-14-9-12(2)5-6-13(14)3/h5-9,11,17,20H,4,10H2,1-3H3. The monoisotopic (exact) mass is 288 g/mol. The van der Waals surface area contributed by atoms with Crippen LogP contribution in [0.1, 0.15) is 35.2 Å². The van der Waals surface area contributed by atoms with Crippen molar-refractivity contribution < 1.29 is 0 Å². The maximum atomic E-state index is 6.29. The van der Waals surface area contributed by atoms with E-state index in [1.165, 1.54) is 16.7 Å². The van der Waals surface area contributed by atoms with Crippen LogP contribution in [-0.4, -0.2) is 11.5 Å². The Morgan fingerprint density at radius 3 is 2.75 bits per heavy atom. The van der Waals surface area contributed by atoms with Gasteiger partial charge in [0.1, 0.15) is 0 Å². The van der Waals surface area contributed by atoms with Crippen molar-refractivity contribution in [2.75, 3.05) is 6.54 Å². The van der Waals surface area contributed by atoms with Gasteiger partial charge >= 0.3 is 0 Å². The highest BCUT2D eigenvalue weighted by Crippen LogP contribution is 2.26. The molecule has 20 heavy (non-hydrogen) atoms. The minimum absolute atomic E-state index is 0.219. The van der Waals surface area contributed by atoms with Crippen LogP contribution in [0.2, 0.25) is 5.02 Å². The number of rotatable bonds is 5. The minimum Gasteiger partial charge on any atom is -0.310 e. The molecule has 0 aliphatic heterocycles. The summed E-state index contributed by atoms with van der Waals surface area (Å²) >= 11 is 6.29. The Kier molecular flexibility index (Phi) is 5.16. The zero-order valence-corrected chi connectivity index (χ0v) is 13.0. The third-order valence-electron chi connectivity index (χ3n) is 3.56. The molecule has 2 aromatic rings. The molecule has 0 saturated carbocycles. The SMILES string of the molecule is CCNC(Cc1cc(C)ccc1C)c1ccncc1Cl. The Hall–Kier alpha value is -1.38. The second-order valence-electron chi connectivity index (χ2n) is 5.14. The number of benzene rings is 1. The number of nitrogens with zero attached hydrogens (tertiary/aromatic N) is 1. The summed E-state index contributed by atoms with van der Waals surface area (Å²) in [5.41, 5.74) is 5.10. The Morgan fingerprint density at radius 2 is 2.05 bits per heavy atom. The smallest absolute Gasteiger partial charge is 0.0637 e. The summed E-state index contributed by atoms with van der Waals surface area (Å²) in [6.45, 7) is 7.32. The van der Waals surface area contributed by atoms with Crippen molar-refractivity contribution in [3.05, 3.63) is 63.9 Å². The van der Waals surface area contributed by atoms with Gasteiger partial charge in [0.2, 0.25) is 0 Å². The number of nitrogens with one attached hydrogen (secondary N) is 1. The third kappa shape index (κ3) is 3.59. The van der Waals surface area contributed by atoms with Gasteiger partial charge in [-0.1, -0.05) is 42.3 Å². The van der Waals surface area contributed by atoms with Gasteiger partial charge < -0.3 is 5.32 Å². The highest BCUT2D eigenvalue weighted by molar-refractivity contribution is 6.31. The van der Waals surface area contributed by atoms with E-state index in [0.29, 0.717) is 0 Å². The molecule has 0 aliphatic rings. The second kappa shape index (κ2) is 6.87. The quantitative estimate of drug-likeness (QED) is 0.890. The van der Waals surface area contributed by atoms with Crippen molar-refractivity contribution in [3.63, 3.8) is 0 Å². The van der Waals surface area contributed by atoms with Gasteiger partial charge in [0.15, 0.2) is 0 Å². The number of hydrogen-bond donors (Lipinski definition) is 1. The number of aryl methyl sites for hydroxylation is 2. The maximum Gasteiger partial charge on any atom is 0.0637 e. The predicted molar refractivity (Wildman–Crippen MR) is 85.3 cm³/mol. The molecule has 0 amide bonds. The van der Waals surface area contributed by atoms with E-state index in [-0.39, 0.29) is 6.04 Å². The van der Waals surface area contributed by atoms with E-state index in [9.17, 15) is 0 Å². The van der Waals surface area contributed by atoms with E-state index in [1.807, 2.05) is 6.07 Å². The first-order valence-electron chi connectivity index (χ1n) is 7.00. The average molecular weight is 289 g/mol. The van der Waals surface area contributed by atoms with Crippen LogP contribution >= 0.6 is 11.6 Å². The Labute approximate surface area is 126 Å². The van der Waals surface area contributed by atoms with Crippen molar-refractivity contribution in [2.24, 2.45) is 0 Å². The van der Waals surface area contributed by atoms with Gasteiger partial charge in [0, 0.05) is 18.4 Å². The molecule has 1 heterocycles. The molecule has 0 spiro atoms. The lowest BCUT2D eigenvalue weighted by molar-refractivity contribution is 0.548. The van der Waals surface area contributed by atoms with Crippen molar-refractivity contribution in [1.82, 2.24) is 10.3 Å². The molecule has 3 heteroatoms. The molecule has 0 bridgehead atoms. The number of halogens is 1. The van der Waals surface area contributed by atoms with Crippen LogP contribution in [0.5, 0.6) is 0 Å². The Balaban J connectivity index is 2.30. The van der Waals surface area contributed by atoms with Gasteiger partial charge in [-0.05, 0) is 49.6 Å². The van der Waals surface area contributed by atoms with E-state index < -0.39 is 0 Å². The average Bonchev–Trinajstić information content (AvgIpc) is 2.43. The van der Waals surface area contributed by atoms with Crippen molar-refractivity contribution in [3.8, 4) is 0 Å². The van der Waals surface area contributed by atoms with Crippen LogP contribution in [0.3, 0.4) is 0 Å². The van der Waals surface area contributed by atoms with Gasteiger partial charge in [-0.25, -0.2) is 0 Å². The highest BCUT2D eigenvalue weighted by atomic mass is 35.5. The van der Waals surface area contributed by atoms with Gasteiger partial charge in [-0.2, -0.15) is 0 Å². The van der Waals surface area contributed by atoms with E-state index in [1.54, 1.807) is 12.4 Å². The summed E-state index contributed by atoms with van der Waals surface area (Å²) in [4.78, 5) is 4.07. The first-order valence-corrected chi connectivity index (χ1v) is 7.38. The minimum atomic E-state index is 0.219. The second-order valence-corrected chi connectivity index (χ2v) is 5.55. The maximum absolute atomic E-state index is 6.29. The molecule has 0 radical (unpaired) electrons. The molecule has 0 fully saturated rings. The third-order valence-corrected chi connectivity index (χ3v) is 3.87. The summed E-state index contributed by atoms with van der Waals surface area (Å²) in [7, 11) is 0. The predicted octanol–water partition coefficient (Wildman–Crippen LogP) is 4.25. The lowest BCUT2D eigenvalue weighted by atomic mass is 9.95.